The van der Waals surface area contributed by atoms with Crippen LogP contribution in [0.3, 0.4) is 0 Å². The van der Waals surface area contributed by atoms with Crippen molar-refractivity contribution >= 4 is 29.2 Å². The van der Waals surface area contributed by atoms with Crippen molar-refractivity contribution in [2.75, 3.05) is 31.1 Å². The molecular formula is C23H20F2N4O3S. The van der Waals surface area contributed by atoms with Crippen molar-refractivity contribution in [1.82, 2.24) is 9.88 Å². The molecular weight excluding hydrogens is 450 g/mol. The summed E-state index contributed by atoms with van der Waals surface area (Å²) in [6.07, 6.45) is 1.72. The van der Waals surface area contributed by atoms with Crippen LogP contribution < -0.4 is 4.90 Å². The minimum atomic E-state index is -0.580. The van der Waals surface area contributed by atoms with Crippen LogP contribution in [0.1, 0.15) is 15.9 Å². The first kappa shape index (κ1) is 22.7. The third-order valence-corrected chi connectivity index (χ3v) is 6.45. The predicted molar refractivity (Wildman–Crippen MR) is 121 cm³/mol. The largest absolute Gasteiger partial charge is 0.353 e. The molecule has 0 atom stereocenters. The summed E-state index contributed by atoms with van der Waals surface area (Å²) in [5.74, 6) is -0.579. The van der Waals surface area contributed by atoms with Crippen molar-refractivity contribution in [2.24, 2.45) is 0 Å². The third-order valence-electron chi connectivity index (χ3n) is 5.33. The first-order valence-electron chi connectivity index (χ1n) is 10.2. The normalized spacial score (nSPS) is 13.8. The zero-order valence-electron chi connectivity index (χ0n) is 17.5. The fourth-order valence-electron chi connectivity index (χ4n) is 3.59. The highest BCUT2D eigenvalue weighted by Gasteiger charge is 2.25. The first-order chi connectivity index (χ1) is 15.9. The number of nitro benzene ring substituents is 1. The van der Waals surface area contributed by atoms with E-state index in [0.29, 0.717) is 26.2 Å². The SMILES string of the molecule is O=C(c1ccc(SCc2cc(F)ccc2F)c([N+](=O)[O-])c1)N1CCN(c2ccccn2)CC1. The fourth-order valence-corrected chi connectivity index (χ4v) is 4.56. The molecule has 1 saturated heterocycles. The van der Waals surface area contributed by atoms with Gasteiger partial charge in [0.2, 0.25) is 0 Å². The van der Waals surface area contributed by atoms with E-state index < -0.39 is 16.6 Å². The number of hydrogen-bond acceptors (Lipinski definition) is 6. The molecule has 0 unspecified atom stereocenters. The minimum Gasteiger partial charge on any atom is -0.353 e. The lowest BCUT2D eigenvalue weighted by Gasteiger charge is -2.35. The number of aromatic nitrogens is 1. The topological polar surface area (TPSA) is 79.6 Å². The van der Waals surface area contributed by atoms with E-state index in [2.05, 4.69) is 9.88 Å². The summed E-state index contributed by atoms with van der Waals surface area (Å²) in [5, 5.41) is 11.6. The summed E-state index contributed by atoms with van der Waals surface area (Å²) in [6.45, 7) is 2.16. The molecule has 4 rings (SSSR count). The van der Waals surface area contributed by atoms with Crippen LogP contribution in [0, 0.1) is 21.7 Å². The molecule has 0 radical (unpaired) electrons. The molecule has 1 aliphatic rings. The van der Waals surface area contributed by atoms with E-state index in [0.717, 1.165) is 35.8 Å². The molecule has 1 amide bonds. The fraction of sp³-hybridized carbons (Fsp3) is 0.217. The van der Waals surface area contributed by atoms with Gasteiger partial charge in [0.15, 0.2) is 0 Å². The van der Waals surface area contributed by atoms with Gasteiger partial charge in [-0.1, -0.05) is 6.07 Å². The Labute approximate surface area is 193 Å². The summed E-state index contributed by atoms with van der Waals surface area (Å²) in [6, 6.07) is 13.0. The molecule has 1 fully saturated rings. The number of anilines is 1. The molecule has 0 spiro atoms. The van der Waals surface area contributed by atoms with E-state index in [1.54, 1.807) is 11.1 Å². The maximum atomic E-state index is 13.9. The van der Waals surface area contributed by atoms with Gasteiger partial charge in [-0.3, -0.25) is 14.9 Å². The summed E-state index contributed by atoms with van der Waals surface area (Å²) in [5.41, 5.74) is 0.0873. The van der Waals surface area contributed by atoms with Gasteiger partial charge in [-0.05, 0) is 42.5 Å². The van der Waals surface area contributed by atoms with Crippen molar-refractivity contribution in [3.8, 4) is 0 Å². The second-order valence-electron chi connectivity index (χ2n) is 7.43. The van der Waals surface area contributed by atoms with Gasteiger partial charge in [0.05, 0.1) is 9.82 Å². The molecule has 10 heteroatoms. The van der Waals surface area contributed by atoms with Crippen molar-refractivity contribution < 1.29 is 18.5 Å². The highest BCUT2D eigenvalue weighted by atomic mass is 32.2. The van der Waals surface area contributed by atoms with Gasteiger partial charge in [-0.25, -0.2) is 13.8 Å². The second kappa shape index (κ2) is 9.95. The van der Waals surface area contributed by atoms with Gasteiger partial charge in [0, 0.05) is 55.3 Å². The molecule has 1 aliphatic heterocycles. The summed E-state index contributed by atoms with van der Waals surface area (Å²) in [7, 11) is 0. The molecule has 0 N–H and O–H groups in total. The molecule has 7 nitrogen and oxygen atoms in total. The van der Waals surface area contributed by atoms with Crippen LogP contribution in [-0.4, -0.2) is 46.9 Å². The molecule has 2 aromatic carbocycles. The molecule has 0 bridgehead atoms. The Morgan fingerprint density at radius 3 is 2.55 bits per heavy atom. The van der Waals surface area contributed by atoms with Crippen LogP contribution in [0.5, 0.6) is 0 Å². The van der Waals surface area contributed by atoms with Crippen molar-refractivity contribution in [3.63, 3.8) is 0 Å². The number of amides is 1. The smallest absolute Gasteiger partial charge is 0.283 e. The number of halogens is 2. The summed E-state index contributed by atoms with van der Waals surface area (Å²) >= 11 is 1.02. The van der Waals surface area contributed by atoms with Crippen molar-refractivity contribution in [1.29, 1.82) is 0 Å². The highest BCUT2D eigenvalue weighted by molar-refractivity contribution is 7.98. The van der Waals surface area contributed by atoms with Gasteiger partial charge in [-0.2, -0.15) is 0 Å². The van der Waals surface area contributed by atoms with Crippen LogP contribution in [0.15, 0.2) is 65.7 Å². The van der Waals surface area contributed by atoms with E-state index in [9.17, 15) is 23.7 Å². The number of rotatable bonds is 6. The molecule has 0 saturated carbocycles. The second-order valence-corrected chi connectivity index (χ2v) is 8.45. The van der Waals surface area contributed by atoms with E-state index in [1.165, 1.54) is 18.2 Å². The molecule has 1 aromatic heterocycles. The lowest BCUT2D eigenvalue weighted by atomic mass is 10.1. The van der Waals surface area contributed by atoms with E-state index in [-0.39, 0.29) is 33.4 Å². The lowest BCUT2D eigenvalue weighted by molar-refractivity contribution is -0.387. The number of carbonyl (C=O) groups is 1. The monoisotopic (exact) mass is 470 g/mol. The van der Waals surface area contributed by atoms with Crippen molar-refractivity contribution in [3.05, 3.63) is 93.7 Å². The number of hydrogen-bond donors (Lipinski definition) is 0. The van der Waals surface area contributed by atoms with E-state index in [4.69, 9.17) is 0 Å². The van der Waals surface area contributed by atoms with Gasteiger partial charge in [0.1, 0.15) is 17.5 Å². The number of thioether (sulfide) groups is 1. The van der Waals surface area contributed by atoms with Gasteiger partial charge < -0.3 is 9.80 Å². The van der Waals surface area contributed by atoms with Crippen molar-refractivity contribution in [2.45, 2.75) is 10.6 Å². The van der Waals surface area contributed by atoms with Crippen LogP contribution in [0.4, 0.5) is 20.3 Å². The maximum Gasteiger partial charge on any atom is 0.283 e. The zero-order chi connectivity index (χ0) is 23.4. The number of carbonyl (C=O) groups excluding carboxylic acids is 1. The number of nitro groups is 1. The number of piperazine rings is 1. The third kappa shape index (κ3) is 5.28. The van der Waals surface area contributed by atoms with E-state index in [1.807, 2.05) is 18.2 Å². The predicted octanol–water partition coefficient (Wildman–Crippen LogP) is 4.52. The van der Waals surface area contributed by atoms with Gasteiger partial charge in [-0.15, -0.1) is 11.8 Å². The molecule has 2 heterocycles. The number of pyridine rings is 1. The Morgan fingerprint density at radius 1 is 1.06 bits per heavy atom. The molecule has 33 heavy (non-hydrogen) atoms. The maximum absolute atomic E-state index is 13.9. The Balaban J connectivity index is 1.45. The first-order valence-corrected chi connectivity index (χ1v) is 11.2. The minimum absolute atomic E-state index is 0.0210. The highest BCUT2D eigenvalue weighted by Crippen LogP contribution is 2.33. The van der Waals surface area contributed by atoms with Gasteiger partial charge in [0.25, 0.3) is 11.6 Å². The summed E-state index contributed by atoms with van der Waals surface area (Å²) < 4.78 is 27.3. The Kier molecular flexibility index (Phi) is 6.83. The quantitative estimate of drug-likeness (QED) is 0.299. The Bertz CT molecular complexity index is 1170. The molecule has 3 aromatic rings. The van der Waals surface area contributed by atoms with Gasteiger partial charge >= 0.3 is 0 Å². The van der Waals surface area contributed by atoms with Crippen LogP contribution in [0.25, 0.3) is 0 Å². The van der Waals surface area contributed by atoms with Crippen LogP contribution in [-0.2, 0) is 5.75 Å². The molecule has 0 aliphatic carbocycles. The standard InChI is InChI=1S/C23H20F2N4O3S/c24-18-5-6-19(25)17(13-18)15-33-21-7-4-16(14-20(21)29(31)32)23(30)28-11-9-27(10-12-28)22-3-1-2-8-26-22/h1-8,13-14H,9-12,15H2. The van der Waals surface area contributed by atoms with Crippen LogP contribution >= 0.6 is 11.8 Å². The average molecular weight is 471 g/mol. The molecule has 170 valence electrons. The lowest BCUT2D eigenvalue weighted by Crippen LogP contribution is -2.49. The summed E-state index contributed by atoms with van der Waals surface area (Å²) in [4.78, 5) is 32.4. The number of benzene rings is 2. The zero-order valence-corrected chi connectivity index (χ0v) is 18.3. The Morgan fingerprint density at radius 2 is 1.85 bits per heavy atom. The number of nitrogens with zero attached hydrogens (tertiary/aromatic N) is 4. The van der Waals surface area contributed by atoms with Crippen LogP contribution in [0.2, 0.25) is 0 Å². The average Bonchev–Trinajstić information content (AvgIpc) is 2.84. The Hall–Kier alpha value is -3.53. The van der Waals surface area contributed by atoms with E-state index >= 15 is 0 Å².